The molecule has 0 unspecified atom stereocenters. The molecule has 0 radical (unpaired) electrons. The molecule has 76 valence electrons. The molecule has 2 nitrogen and oxygen atoms in total. The first-order chi connectivity index (χ1) is 6.29. The maximum Gasteiger partial charge on any atom is 0.0226 e. The van der Waals surface area contributed by atoms with Crippen molar-refractivity contribution in [1.82, 2.24) is 10.2 Å². The Labute approximate surface area is 81.7 Å². The van der Waals surface area contributed by atoms with E-state index in [1.165, 1.54) is 38.8 Å². The van der Waals surface area contributed by atoms with E-state index in [1.807, 2.05) is 0 Å². The smallest absolute Gasteiger partial charge is 0.0226 e. The highest BCUT2D eigenvalue weighted by atomic mass is 15.2. The summed E-state index contributed by atoms with van der Waals surface area (Å²) in [7, 11) is 0. The van der Waals surface area contributed by atoms with Gasteiger partial charge in [0.2, 0.25) is 0 Å². The maximum absolute atomic E-state index is 3.51. The largest absolute Gasteiger partial charge is 0.315 e. The molecule has 0 aromatic heterocycles. The van der Waals surface area contributed by atoms with E-state index in [4.69, 9.17) is 0 Å². The van der Waals surface area contributed by atoms with Crippen LogP contribution in [0.1, 0.15) is 39.5 Å². The lowest BCUT2D eigenvalue weighted by Gasteiger charge is -2.37. The van der Waals surface area contributed by atoms with Crippen molar-refractivity contribution in [2.75, 3.05) is 13.1 Å². The Morgan fingerprint density at radius 2 is 1.77 bits per heavy atom. The molecule has 2 fully saturated rings. The number of nitrogens with zero attached hydrogens (tertiary/aromatic N) is 1. The molecule has 2 saturated heterocycles. The molecule has 0 saturated carbocycles. The molecule has 3 atom stereocenters. The molecule has 0 bridgehead atoms. The molecule has 1 N–H and O–H groups in total. The lowest BCUT2D eigenvalue weighted by Crippen LogP contribution is -2.49. The summed E-state index contributed by atoms with van der Waals surface area (Å²) >= 11 is 0. The van der Waals surface area contributed by atoms with Crippen molar-refractivity contribution in [2.24, 2.45) is 0 Å². The number of hydrogen-bond donors (Lipinski definition) is 1. The Bertz CT molecular complexity index is 153. The first kappa shape index (κ1) is 9.47. The van der Waals surface area contributed by atoms with Crippen molar-refractivity contribution in [3.05, 3.63) is 0 Å². The second kappa shape index (κ2) is 3.97. The van der Waals surface area contributed by atoms with Crippen LogP contribution >= 0.6 is 0 Å². The number of hydrogen-bond acceptors (Lipinski definition) is 2. The molecule has 2 heteroatoms. The van der Waals surface area contributed by atoms with Crippen molar-refractivity contribution in [3.8, 4) is 0 Å². The Hall–Kier alpha value is -0.0800. The molecule has 0 aromatic carbocycles. The molecule has 2 aliphatic heterocycles. The van der Waals surface area contributed by atoms with Crippen LogP contribution in [0.5, 0.6) is 0 Å². The Morgan fingerprint density at radius 3 is 2.31 bits per heavy atom. The van der Waals surface area contributed by atoms with Crippen LogP contribution in [0.25, 0.3) is 0 Å². The van der Waals surface area contributed by atoms with Gasteiger partial charge >= 0.3 is 0 Å². The van der Waals surface area contributed by atoms with E-state index in [0.717, 1.165) is 18.1 Å². The van der Waals surface area contributed by atoms with Crippen LogP contribution in [0.3, 0.4) is 0 Å². The third-order valence-electron chi connectivity index (χ3n) is 3.71. The van der Waals surface area contributed by atoms with Crippen LogP contribution in [-0.4, -0.2) is 36.1 Å². The predicted octanol–water partition coefficient (Wildman–Crippen LogP) is 1.61. The van der Waals surface area contributed by atoms with Gasteiger partial charge in [-0.1, -0.05) is 0 Å². The highest BCUT2D eigenvalue weighted by Gasteiger charge is 2.33. The summed E-state index contributed by atoms with van der Waals surface area (Å²) in [6, 6.07) is 2.46. The quantitative estimate of drug-likeness (QED) is 0.663. The maximum atomic E-state index is 3.51. The van der Waals surface area contributed by atoms with Gasteiger partial charge < -0.3 is 5.32 Å². The van der Waals surface area contributed by atoms with E-state index in [0.29, 0.717) is 0 Å². The van der Waals surface area contributed by atoms with E-state index < -0.39 is 0 Å². The van der Waals surface area contributed by atoms with Crippen LogP contribution in [-0.2, 0) is 0 Å². The summed E-state index contributed by atoms with van der Waals surface area (Å²) in [5.74, 6) is 0. The minimum absolute atomic E-state index is 0.819. The van der Waals surface area contributed by atoms with Gasteiger partial charge in [0.1, 0.15) is 0 Å². The third kappa shape index (κ3) is 1.89. The van der Waals surface area contributed by atoms with Crippen LogP contribution in [0.15, 0.2) is 0 Å². The van der Waals surface area contributed by atoms with Crippen molar-refractivity contribution in [1.29, 1.82) is 0 Å². The van der Waals surface area contributed by atoms with Crippen LogP contribution in [0, 0.1) is 0 Å². The molecule has 0 aromatic rings. The summed E-state index contributed by atoms with van der Waals surface area (Å²) in [4.78, 5) is 2.74. The van der Waals surface area contributed by atoms with Gasteiger partial charge in [0.25, 0.3) is 0 Å². The minimum Gasteiger partial charge on any atom is -0.315 e. The van der Waals surface area contributed by atoms with Gasteiger partial charge in [0, 0.05) is 24.7 Å². The first-order valence-electron chi connectivity index (χ1n) is 5.77. The highest BCUT2D eigenvalue weighted by molar-refractivity contribution is 4.90. The molecule has 13 heavy (non-hydrogen) atoms. The van der Waals surface area contributed by atoms with Gasteiger partial charge in [0.15, 0.2) is 0 Å². The summed E-state index contributed by atoms with van der Waals surface area (Å²) in [5.41, 5.74) is 0. The number of likely N-dealkylation sites (tertiary alicyclic amines) is 1. The van der Waals surface area contributed by atoms with Crippen LogP contribution in [0.4, 0.5) is 0 Å². The van der Waals surface area contributed by atoms with Crippen molar-refractivity contribution < 1.29 is 0 Å². The Balaban J connectivity index is 1.96. The topological polar surface area (TPSA) is 15.3 Å². The zero-order chi connectivity index (χ0) is 9.26. The lowest BCUT2D eigenvalue weighted by atomic mass is 10.0. The predicted molar refractivity (Wildman–Crippen MR) is 55.9 cm³/mol. The fourth-order valence-corrected chi connectivity index (χ4v) is 3.02. The molecule has 2 aliphatic rings. The van der Waals surface area contributed by atoms with Gasteiger partial charge in [-0.2, -0.15) is 0 Å². The molecular formula is C11H22N2. The average Bonchev–Trinajstić information content (AvgIpc) is 2.48. The lowest BCUT2D eigenvalue weighted by molar-refractivity contribution is 0.122. The summed E-state index contributed by atoms with van der Waals surface area (Å²) < 4.78 is 0. The van der Waals surface area contributed by atoms with E-state index >= 15 is 0 Å². The molecule has 2 rings (SSSR count). The standard InChI is InChI=1S/C11H22N2/c1-9-5-6-10(2)13(9)11-4-3-7-12-8-11/h9-12H,3-8H2,1-2H3/t9-,10-,11+/m0/s1. The van der Waals surface area contributed by atoms with Crippen molar-refractivity contribution >= 4 is 0 Å². The zero-order valence-corrected chi connectivity index (χ0v) is 8.92. The molecule has 0 spiro atoms. The second-order valence-corrected chi connectivity index (χ2v) is 4.72. The highest BCUT2D eigenvalue weighted by Crippen LogP contribution is 2.28. The van der Waals surface area contributed by atoms with E-state index in [1.54, 1.807) is 0 Å². The van der Waals surface area contributed by atoms with Gasteiger partial charge in [-0.3, -0.25) is 4.90 Å². The van der Waals surface area contributed by atoms with Crippen molar-refractivity contribution in [3.63, 3.8) is 0 Å². The summed E-state index contributed by atoms with van der Waals surface area (Å²) in [6.07, 6.45) is 5.57. The average molecular weight is 182 g/mol. The fraction of sp³-hybridized carbons (Fsp3) is 1.00. The first-order valence-corrected chi connectivity index (χ1v) is 5.77. The van der Waals surface area contributed by atoms with Gasteiger partial charge in [-0.15, -0.1) is 0 Å². The van der Waals surface area contributed by atoms with Crippen molar-refractivity contribution in [2.45, 2.75) is 57.7 Å². The van der Waals surface area contributed by atoms with E-state index in [9.17, 15) is 0 Å². The van der Waals surface area contributed by atoms with Crippen LogP contribution < -0.4 is 5.32 Å². The normalized spacial score (nSPS) is 42.5. The van der Waals surface area contributed by atoms with E-state index in [2.05, 4.69) is 24.1 Å². The molecule has 0 aliphatic carbocycles. The number of nitrogens with one attached hydrogen (secondary N) is 1. The summed E-state index contributed by atoms with van der Waals surface area (Å²) in [5, 5.41) is 3.51. The second-order valence-electron chi connectivity index (χ2n) is 4.72. The Morgan fingerprint density at radius 1 is 1.08 bits per heavy atom. The SMILES string of the molecule is C[C@H]1CC[C@H](C)N1[C@@H]1CCCNC1. The third-order valence-corrected chi connectivity index (χ3v) is 3.71. The fourth-order valence-electron chi connectivity index (χ4n) is 3.02. The number of piperidine rings is 1. The van der Waals surface area contributed by atoms with Gasteiger partial charge in [-0.05, 0) is 46.1 Å². The van der Waals surface area contributed by atoms with Crippen LogP contribution in [0.2, 0.25) is 0 Å². The number of rotatable bonds is 1. The zero-order valence-electron chi connectivity index (χ0n) is 8.92. The monoisotopic (exact) mass is 182 g/mol. The molecule has 0 amide bonds. The minimum atomic E-state index is 0.819. The van der Waals surface area contributed by atoms with Gasteiger partial charge in [0.05, 0.1) is 0 Å². The Kier molecular flexibility index (Phi) is 2.89. The van der Waals surface area contributed by atoms with Gasteiger partial charge in [-0.25, -0.2) is 0 Å². The molecular weight excluding hydrogens is 160 g/mol. The summed E-state index contributed by atoms with van der Waals surface area (Å²) in [6.45, 7) is 7.22. The molecule has 2 heterocycles. The van der Waals surface area contributed by atoms with E-state index in [-0.39, 0.29) is 0 Å².